The Morgan fingerprint density at radius 3 is 2.90 bits per heavy atom. The minimum atomic E-state index is -0.612. The van der Waals surface area contributed by atoms with Crippen molar-refractivity contribution in [2.45, 2.75) is 13.5 Å². The fourth-order valence-corrected chi connectivity index (χ4v) is 1.78. The van der Waals surface area contributed by atoms with Crippen LogP contribution < -0.4 is 10.00 Å². The van der Waals surface area contributed by atoms with Gasteiger partial charge in [-0.2, -0.15) is 5.10 Å². The van der Waals surface area contributed by atoms with E-state index in [2.05, 4.69) is 31.3 Å². The number of amides is 1. The van der Waals surface area contributed by atoms with Crippen molar-refractivity contribution in [1.29, 1.82) is 0 Å². The number of halogens is 1. The van der Waals surface area contributed by atoms with Gasteiger partial charge in [-0.1, -0.05) is 0 Å². The lowest BCUT2D eigenvalue weighted by molar-refractivity contribution is -0.747. The molecule has 0 aliphatic rings. The van der Waals surface area contributed by atoms with Gasteiger partial charge in [-0.15, -0.1) is 4.68 Å². The normalized spacial score (nSPS) is 10.3. The van der Waals surface area contributed by atoms with E-state index in [-0.39, 0.29) is 11.4 Å². The highest BCUT2D eigenvalue weighted by Gasteiger charge is 2.29. The number of aromatic nitrogens is 3. The summed E-state index contributed by atoms with van der Waals surface area (Å²) < 4.78 is 2.23. The molecule has 1 amide bonds. The van der Waals surface area contributed by atoms with Crippen LogP contribution in [0.2, 0.25) is 0 Å². The number of nitro groups is 1. The number of rotatable bonds is 4. The first-order chi connectivity index (χ1) is 9.51. The first-order valence-corrected chi connectivity index (χ1v) is 6.50. The van der Waals surface area contributed by atoms with E-state index in [4.69, 9.17) is 0 Å². The van der Waals surface area contributed by atoms with Crippen LogP contribution in [0, 0.1) is 10.1 Å². The lowest BCUT2D eigenvalue weighted by Gasteiger charge is -2.01. The van der Waals surface area contributed by atoms with Crippen LogP contribution >= 0.6 is 15.9 Å². The Morgan fingerprint density at radius 1 is 1.60 bits per heavy atom. The standard InChI is InChI=1S/C11H10BrN5O3/c1-2-16-6-8(17(19)20)10(15-16)11(18)14-9-4-3-7(12)5-13-9/h3-6H,2H2,1H3,(H,13,14,18)/p+1. The lowest BCUT2D eigenvalue weighted by atomic mass is 10.3. The van der Waals surface area contributed by atoms with Crippen LogP contribution in [-0.2, 0) is 6.54 Å². The summed E-state index contributed by atoms with van der Waals surface area (Å²) in [6.45, 7) is 2.29. The fraction of sp³-hybridized carbons (Fsp3) is 0.182. The average Bonchev–Trinajstić information content (AvgIpc) is 2.86. The SMILES string of the molecule is CC[n+]1cc([N+](=O)[O-])c(C(=O)Nc2ccc(Br)cn2)[nH]1. The first-order valence-electron chi connectivity index (χ1n) is 5.71. The fourth-order valence-electron chi connectivity index (χ4n) is 1.55. The van der Waals surface area contributed by atoms with Crippen LogP contribution in [0.15, 0.2) is 29.0 Å². The Balaban J connectivity index is 2.26. The van der Waals surface area contributed by atoms with Gasteiger partial charge in [0.1, 0.15) is 5.82 Å². The third-order valence-electron chi connectivity index (χ3n) is 2.52. The Labute approximate surface area is 122 Å². The molecule has 9 heteroatoms. The summed E-state index contributed by atoms with van der Waals surface area (Å²) in [4.78, 5) is 26.3. The number of nitrogens with one attached hydrogen (secondary N) is 2. The maximum absolute atomic E-state index is 12.0. The third-order valence-corrected chi connectivity index (χ3v) is 2.99. The van der Waals surface area contributed by atoms with Gasteiger partial charge in [0.25, 0.3) is 12.1 Å². The highest BCUT2D eigenvalue weighted by Crippen LogP contribution is 2.16. The average molecular weight is 341 g/mol. The molecule has 2 heterocycles. The summed E-state index contributed by atoms with van der Waals surface area (Å²) in [6.07, 6.45) is 2.80. The molecule has 0 aliphatic carbocycles. The molecule has 0 radical (unpaired) electrons. The monoisotopic (exact) mass is 340 g/mol. The smallest absolute Gasteiger partial charge is 0.305 e. The Kier molecular flexibility index (Phi) is 4.08. The van der Waals surface area contributed by atoms with Gasteiger partial charge in [-0.3, -0.25) is 14.9 Å². The van der Waals surface area contributed by atoms with E-state index in [1.165, 1.54) is 17.1 Å². The van der Waals surface area contributed by atoms with Crippen molar-refractivity contribution in [1.82, 2.24) is 10.1 Å². The Hall–Kier alpha value is -2.29. The van der Waals surface area contributed by atoms with E-state index >= 15 is 0 Å². The van der Waals surface area contributed by atoms with Crippen LogP contribution in [0.25, 0.3) is 0 Å². The number of nitrogens with zero attached hydrogens (tertiary/aromatic N) is 3. The second-order valence-electron chi connectivity index (χ2n) is 3.86. The van der Waals surface area contributed by atoms with E-state index in [0.29, 0.717) is 12.4 Å². The molecule has 20 heavy (non-hydrogen) atoms. The van der Waals surface area contributed by atoms with Crippen LogP contribution in [0.1, 0.15) is 17.4 Å². The molecule has 2 aromatic heterocycles. The molecule has 0 aliphatic heterocycles. The van der Waals surface area contributed by atoms with Gasteiger partial charge in [-0.05, 0) is 35.0 Å². The van der Waals surface area contributed by atoms with Crippen LogP contribution in [-0.4, -0.2) is 20.9 Å². The van der Waals surface area contributed by atoms with Crippen molar-refractivity contribution >= 4 is 33.3 Å². The summed E-state index contributed by atoms with van der Waals surface area (Å²) >= 11 is 3.23. The minimum absolute atomic E-state index is 0.110. The second-order valence-corrected chi connectivity index (χ2v) is 4.78. The van der Waals surface area contributed by atoms with E-state index < -0.39 is 10.8 Å². The molecule has 104 valence electrons. The topological polar surface area (TPSA) is 105 Å². The number of hydrogen-bond acceptors (Lipinski definition) is 4. The highest BCUT2D eigenvalue weighted by atomic mass is 79.9. The van der Waals surface area contributed by atoms with Crippen molar-refractivity contribution in [2.75, 3.05) is 5.32 Å². The number of aryl methyl sites for hydroxylation is 1. The van der Waals surface area contributed by atoms with Crippen molar-refractivity contribution in [2.24, 2.45) is 0 Å². The highest BCUT2D eigenvalue weighted by molar-refractivity contribution is 9.10. The quantitative estimate of drug-likeness (QED) is 0.501. The summed E-state index contributed by atoms with van der Waals surface area (Å²) in [5.41, 5.74) is -0.386. The number of pyridine rings is 1. The maximum atomic E-state index is 12.0. The van der Waals surface area contributed by atoms with Crippen LogP contribution in [0.5, 0.6) is 0 Å². The van der Waals surface area contributed by atoms with Gasteiger partial charge in [0.15, 0.2) is 6.54 Å². The molecule has 0 saturated heterocycles. The lowest BCUT2D eigenvalue weighted by Crippen LogP contribution is -2.34. The van der Waals surface area contributed by atoms with Crippen LogP contribution in [0.3, 0.4) is 0 Å². The number of carbonyl (C=O) groups excluding carboxylic acids is 1. The molecule has 0 unspecified atom stereocenters. The summed E-state index contributed by atoms with van der Waals surface area (Å²) in [5, 5.41) is 16.1. The van der Waals surface area contributed by atoms with Crippen LogP contribution in [0.4, 0.5) is 11.5 Å². The number of anilines is 1. The molecule has 2 rings (SSSR count). The van der Waals surface area contributed by atoms with Gasteiger partial charge < -0.3 is 5.32 Å². The van der Waals surface area contributed by atoms with Gasteiger partial charge in [0.2, 0.25) is 5.69 Å². The van der Waals surface area contributed by atoms with Crippen molar-refractivity contribution in [3.63, 3.8) is 0 Å². The van der Waals surface area contributed by atoms with E-state index in [9.17, 15) is 14.9 Å². The molecule has 0 spiro atoms. The summed E-state index contributed by atoms with van der Waals surface area (Å²) in [7, 11) is 0. The molecule has 8 nitrogen and oxygen atoms in total. The molecule has 0 aromatic carbocycles. The molecule has 0 bridgehead atoms. The van der Waals surface area contributed by atoms with Crippen molar-refractivity contribution < 1.29 is 14.4 Å². The van der Waals surface area contributed by atoms with Crippen molar-refractivity contribution in [3.8, 4) is 0 Å². The Morgan fingerprint density at radius 2 is 2.35 bits per heavy atom. The molecule has 2 N–H and O–H groups in total. The number of H-pyrrole nitrogens is 1. The summed E-state index contributed by atoms with van der Waals surface area (Å²) in [5.74, 6) is -0.302. The summed E-state index contributed by atoms with van der Waals surface area (Å²) in [6, 6.07) is 3.29. The first kappa shape index (κ1) is 14.1. The van der Waals surface area contributed by atoms with Gasteiger partial charge >= 0.3 is 5.69 Å². The maximum Gasteiger partial charge on any atom is 0.368 e. The zero-order chi connectivity index (χ0) is 14.7. The Bertz CT molecular complexity index is 653. The second kappa shape index (κ2) is 5.78. The number of aromatic amines is 1. The van der Waals surface area contributed by atoms with Gasteiger partial charge in [0.05, 0.1) is 4.92 Å². The molecule has 0 atom stereocenters. The third kappa shape index (κ3) is 2.99. The van der Waals surface area contributed by atoms with E-state index in [0.717, 1.165) is 4.47 Å². The number of hydrogen-bond donors (Lipinski definition) is 2. The zero-order valence-electron chi connectivity index (χ0n) is 10.5. The predicted molar refractivity (Wildman–Crippen MR) is 73.2 cm³/mol. The molecule has 0 saturated carbocycles. The minimum Gasteiger partial charge on any atom is -0.305 e. The van der Waals surface area contributed by atoms with Crippen molar-refractivity contribution in [3.05, 3.63) is 44.8 Å². The van der Waals surface area contributed by atoms with Gasteiger partial charge in [-0.25, -0.2) is 4.98 Å². The molecular formula is C11H11BrN5O3+. The van der Waals surface area contributed by atoms with E-state index in [1.807, 2.05) is 0 Å². The predicted octanol–water partition coefficient (Wildman–Crippen LogP) is 1.64. The van der Waals surface area contributed by atoms with E-state index in [1.54, 1.807) is 19.1 Å². The van der Waals surface area contributed by atoms with Gasteiger partial charge in [0, 0.05) is 10.7 Å². The molecular weight excluding hydrogens is 330 g/mol. The molecule has 0 fully saturated rings. The molecule has 2 aromatic rings. The largest absolute Gasteiger partial charge is 0.368 e. The number of carbonyl (C=O) groups is 1. The zero-order valence-corrected chi connectivity index (χ0v) is 12.0.